The summed E-state index contributed by atoms with van der Waals surface area (Å²) in [6.07, 6.45) is 0. The zero-order valence-electron chi connectivity index (χ0n) is 12.9. The minimum atomic E-state index is -3.79. The Bertz CT molecular complexity index is 983. The van der Waals surface area contributed by atoms with Crippen molar-refractivity contribution in [3.63, 3.8) is 0 Å². The standard InChI is InChI=1S/C18H15BrO4S/c1-22-15-7-4-5-13(11-15)12-24(20,21)23-17-10-9-14-6-2-3-8-16(14)18(17)19/h2-11H,12H2,1H3. The number of hydrogen-bond acceptors (Lipinski definition) is 4. The number of hydrogen-bond donors (Lipinski definition) is 0. The van der Waals surface area contributed by atoms with E-state index >= 15 is 0 Å². The summed E-state index contributed by atoms with van der Waals surface area (Å²) in [7, 11) is -2.25. The molecule has 3 aromatic carbocycles. The highest BCUT2D eigenvalue weighted by molar-refractivity contribution is 9.10. The van der Waals surface area contributed by atoms with Gasteiger partial charge in [-0.25, -0.2) is 0 Å². The van der Waals surface area contributed by atoms with E-state index in [1.54, 1.807) is 30.3 Å². The maximum Gasteiger partial charge on any atom is 0.313 e. The van der Waals surface area contributed by atoms with E-state index in [2.05, 4.69) is 15.9 Å². The van der Waals surface area contributed by atoms with Crippen molar-refractivity contribution in [2.24, 2.45) is 0 Å². The van der Waals surface area contributed by atoms with E-state index in [-0.39, 0.29) is 11.5 Å². The summed E-state index contributed by atoms with van der Waals surface area (Å²) < 4.78 is 35.8. The minimum absolute atomic E-state index is 0.233. The molecule has 0 heterocycles. The Balaban J connectivity index is 1.88. The van der Waals surface area contributed by atoms with E-state index in [1.165, 1.54) is 7.11 Å². The quantitative estimate of drug-likeness (QED) is 0.584. The van der Waals surface area contributed by atoms with E-state index < -0.39 is 10.1 Å². The molecule has 3 aromatic rings. The van der Waals surface area contributed by atoms with Crippen molar-refractivity contribution in [3.8, 4) is 11.5 Å². The van der Waals surface area contributed by atoms with Crippen molar-refractivity contribution < 1.29 is 17.3 Å². The fraction of sp³-hybridized carbons (Fsp3) is 0.111. The van der Waals surface area contributed by atoms with Crippen LogP contribution in [-0.4, -0.2) is 15.5 Å². The van der Waals surface area contributed by atoms with Gasteiger partial charge in [-0.05, 0) is 50.5 Å². The third-order valence-electron chi connectivity index (χ3n) is 3.52. The number of benzene rings is 3. The molecule has 3 rings (SSSR count). The highest BCUT2D eigenvalue weighted by atomic mass is 79.9. The van der Waals surface area contributed by atoms with Gasteiger partial charge in [0.05, 0.1) is 11.6 Å². The highest BCUT2D eigenvalue weighted by Gasteiger charge is 2.17. The van der Waals surface area contributed by atoms with E-state index in [0.717, 1.165) is 10.8 Å². The summed E-state index contributed by atoms with van der Waals surface area (Å²) in [5, 5.41) is 1.90. The van der Waals surface area contributed by atoms with Gasteiger partial charge in [-0.15, -0.1) is 0 Å². The first kappa shape index (κ1) is 16.8. The predicted octanol–water partition coefficient (Wildman–Crippen LogP) is 4.52. The number of rotatable bonds is 5. The molecule has 4 nitrogen and oxygen atoms in total. The van der Waals surface area contributed by atoms with Crippen LogP contribution in [0.2, 0.25) is 0 Å². The second-order valence-corrected chi connectivity index (χ2v) is 7.60. The van der Waals surface area contributed by atoms with Crippen molar-refractivity contribution in [1.82, 2.24) is 0 Å². The number of methoxy groups -OCH3 is 1. The largest absolute Gasteiger partial charge is 0.497 e. The van der Waals surface area contributed by atoms with Gasteiger partial charge >= 0.3 is 10.1 Å². The molecule has 0 spiro atoms. The fourth-order valence-corrected chi connectivity index (χ4v) is 4.15. The summed E-state index contributed by atoms with van der Waals surface area (Å²) in [6, 6.07) is 18.1. The maximum atomic E-state index is 12.4. The van der Waals surface area contributed by atoms with Gasteiger partial charge < -0.3 is 8.92 Å². The number of halogens is 1. The molecular weight excluding hydrogens is 392 g/mol. The Morgan fingerprint density at radius 2 is 1.79 bits per heavy atom. The van der Waals surface area contributed by atoms with Crippen LogP contribution in [0.1, 0.15) is 5.56 Å². The molecule has 6 heteroatoms. The van der Waals surface area contributed by atoms with E-state index in [0.29, 0.717) is 15.8 Å². The van der Waals surface area contributed by atoms with Crippen LogP contribution in [0, 0.1) is 0 Å². The Labute approximate surface area is 149 Å². The van der Waals surface area contributed by atoms with Crippen molar-refractivity contribution in [2.75, 3.05) is 7.11 Å². The SMILES string of the molecule is COc1cccc(CS(=O)(=O)Oc2ccc3ccccc3c2Br)c1. The molecule has 0 radical (unpaired) electrons. The molecule has 0 saturated heterocycles. The van der Waals surface area contributed by atoms with E-state index in [9.17, 15) is 8.42 Å². The smallest absolute Gasteiger partial charge is 0.313 e. The molecule has 0 N–H and O–H groups in total. The summed E-state index contributed by atoms with van der Waals surface area (Å²) in [4.78, 5) is 0. The minimum Gasteiger partial charge on any atom is -0.497 e. The lowest BCUT2D eigenvalue weighted by Crippen LogP contribution is -2.12. The van der Waals surface area contributed by atoms with Crippen LogP contribution in [0.25, 0.3) is 10.8 Å². The molecule has 0 saturated carbocycles. The monoisotopic (exact) mass is 406 g/mol. The summed E-state index contributed by atoms with van der Waals surface area (Å²) in [6.45, 7) is 0. The van der Waals surface area contributed by atoms with Gasteiger partial charge in [-0.3, -0.25) is 0 Å². The van der Waals surface area contributed by atoms with Crippen LogP contribution < -0.4 is 8.92 Å². The van der Waals surface area contributed by atoms with Crippen LogP contribution >= 0.6 is 15.9 Å². The first-order chi connectivity index (χ1) is 11.5. The molecule has 0 aliphatic carbocycles. The summed E-state index contributed by atoms with van der Waals surface area (Å²) >= 11 is 3.43. The highest BCUT2D eigenvalue weighted by Crippen LogP contribution is 2.34. The Morgan fingerprint density at radius 3 is 2.58 bits per heavy atom. The fourth-order valence-electron chi connectivity index (χ4n) is 2.41. The zero-order chi connectivity index (χ0) is 17.2. The average Bonchev–Trinajstić information content (AvgIpc) is 2.57. The molecule has 0 aromatic heterocycles. The first-order valence-corrected chi connectivity index (χ1v) is 9.58. The molecule has 0 aliphatic rings. The topological polar surface area (TPSA) is 52.6 Å². The van der Waals surface area contributed by atoms with Crippen molar-refractivity contribution >= 4 is 36.8 Å². The second kappa shape index (κ2) is 6.83. The Morgan fingerprint density at radius 1 is 1.00 bits per heavy atom. The third kappa shape index (κ3) is 3.71. The predicted molar refractivity (Wildman–Crippen MR) is 97.9 cm³/mol. The van der Waals surface area contributed by atoms with Gasteiger partial charge in [0.15, 0.2) is 5.75 Å². The van der Waals surface area contributed by atoms with Gasteiger partial charge in [0.25, 0.3) is 0 Å². The Kier molecular flexibility index (Phi) is 4.78. The van der Waals surface area contributed by atoms with Gasteiger partial charge in [0, 0.05) is 0 Å². The van der Waals surface area contributed by atoms with Gasteiger partial charge in [-0.1, -0.05) is 42.5 Å². The molecular formula is C18H15BrO4S. The van der Waals surface area contributed by atoms with Gasteiger partial charge in [-0.2, -0.15) is 8.42 Å². The number of ether oxygens (including phenoxy) is 1. The lowest BCUT2D eigenvalue weighted by atomic mass is 10.1. The summed E-state index contributed by atoms with van der Waals surface area (Å²) in [5.41, 5.74) is 0.603. The van der Waals surface area contributed by atoms with E-state index in [4.69, 9.17) is 8.92 Å². The van der Waals surface area contributed by atoms with Crippen molar-refractivity contribution in [1.29, 1.82) is 0 Å². The Hall–Kier alpha value is -2.05. The lowest BCUT2D eigenvalue weighted by molar-refractivity contribution is 0.414. The lowest BCUT2D eigenvalue weighted by Gasteiger charge is -2.11. The van der Waals surface area contributed by atoms with Gasteiger partial charge in [0.1, 0.15) is 11.5 Å². The van der Waals surface area contributed by atoms with Crippen LogP contribution in [-0.2, 0) is 15.9 Å². The normalized spacial score (nSPS) is 11.4. The van der Waals surface area contributed by atoms with Crippen molar-refractivity contribution in [3.05, 3.63) is 70.7 Å². The molecule has 0 amide bonds. The molecule has 0 fully saturated rings. The average molecular weight is 407 g/mol. The zero-order valence-corrected chi connectivity index (χ0v) is 15.3. The molecule has 124 valence electrons. The van der Waals surface area contributed by atoms with Crippen molar-refractivity contribution in [2.45, 2.75) is 5.75 Å². The van der Waals surface area contributed by atoms with Crippen LogP contribution in [0.4, 0.5) is 0 Å². The molecule has 24 heavy (non-hydrogen) atoms. The van der Waals surface area contributed by atoms with E-state index in [1.807, 2.05) is 30.3 Å². The molecule has 0 atom stereocenters. The number of fused-ring (bicyclic) bond motifs is 1. The van der Waals surface area contributed by atoms with Crippen LogP contribution in [0.3, 0.4) is 0 Å². The molecule has 0 aliphatic heterocycles. The second-order valence-electron chi connectivity index (χ2n) is 5.24. The molecule has 0 bridgehead atoms. The van der Waals surface area contributed by atoms with Gasteiger partial charge in [0.2, 0.25) is 0 Å². The maximum absolute atomic E-state index is 12.4. The van der Waals surface area contributed by atoms with Crippen LogP contribution in [0.15, 0.2) is 65.1 Å². The first-order valence-electron chi connectivity index (χ1n) is 7.21. The summed E-state index contributed by atoms with van der Waals surface area (Å²) in [5.74, 6) is 0.648. The van der Waals surface area contributed by atoms with Crippen LogP contribution in [0.5, 0.6) is 11.5 Å². The third-order valence-corrected chi connectivity index (χ3v) is 5.46. The molecule has 0 unspecified atom stereocenters.